The second kappa shape index (κ2) is 4.06. The number of rotatable bonds is 2. The summed E-state index contributed by atoms with van der Waals surface area (Å²) in [6.45, 7) is 4.93. The van der Waals surface area contributed by atoms with Gasteiger partial charge < -0.3 is 10.1 Å². The Bertz CT molecular complexity index is 397. The van der Waals surface area contributed by atoms with E-state index >= 15 is 0 Å². The molecule has 0 saturated carbocycles. The summed E-state index contributed by atoms with van der Waals surface area (Å²) in [5.74, 6) is 0.613. The van der Waals surface area contributed by atoms with Crippen molar-refractivity contribution in [1.82, 2.24) is 5.32 Å². The summed E-state index contributed by atoms with van der Waals surface area (Å²) in [4.78, 5) is 0. The van der Waals surface area contributed by atoms with Crippen LogP contribution < -0.4 is 10.1 Å². The summed E-state index contributed by atoms with van der Waals surface area (Å²) in [6, 6.07) is 3.18. The highest BCUT2D eigenvalue weighted by atomic mass is 19.1. The SMILES string of the molecule is COc1ccc(F)c(C2(C)CCCN2)c1C. The summed E-state index contributed by atoms with van der Waals surface area (Å²) in [5.41, 5.74) is 1.41. The summed E-state index contributed by atoms with van der Waals surface area (Å²) in [5, 5.41) is 3.39. The van der Waals surface area contributed by atoms with Crippen molar-refractivity contribution in [2.75, 3.05) is 13.7 Å². The Morgan fingerprint density at radius 3 is 2.75 bits per heavy atom. The number of hydrogen-bond donors (Lipinski definition) is 1. The first-order chi connectivity index (χ1) is 7.58. The number of ether oxygens (including phenoxy) is 1. The molecule has 1 fully saturated rings. The fourth-order valence-corrected chi connectivity index (χ4v) is 2.67. The molecule has 1 aromatic carbocycles. The lowest BCUT2D eigenvalue weighted by molar-refractivity contribution is 0.386. The Balaban J connectivity index is 2.54. The lowest BCUT2D eigenvalue weighted by Crippen LogP contribution is -2.35. The van der Waals surface area contributed by atoms with Gasteiger partial charge in [0.25, 0.3) is 0 Å². The molecule has 1 N–H and O–H groups in total. The van der Waals surface area contributed by atoms with E-state index in [0.717, 1.165) is 36.3 Å². The maximum Gasteiger partial charge on any atom is 0.128 e. The molecular weight excluding hydrogens is 205 g/mol. The van der Waals surface area contributed by atoms with E-state index in [2.05, 4.69) is 12.2 Å². The second-order valence-corrected chi connectivity index (χ2v) is 4.61. The highest BCUT2D eigenvalue weighted by Gasteiger charge is 2.34. The van der Waals surface area contributed by atoms with Gasteiger partial charge in [-0.1, -0.05) is 0 Å². The van der Waals surface area contributed by atoms with Crippen LogP contribution >= 0.6 is 0 Å². The minimum atomic E-state index is -0.247. The van der Waals surface area contributed by atoms with Crippen LogP contribution in [0.2, 0.25) is 0 Å². The van der Waals surface area contributed by atoms with Crippen molar-refractivity contribution in [2.45, 2.75) is 32.2 Å². The highest BCUT2D eigenvalue weighted by molar-refractivity contribution is 5.44. The van der Waals surface area contributed by atoms with Crippen molar-refractivity contribution < 1.29 is 9.13 Å². The molecule has 1 aliphatic rings. The highest BCUT2D eigenvalue weighted by Crippen LogP contribution is 2.37. The van der Waals surface area contributed by atoms with E-state index in [1.54, 1.807) is 13.2 Å². The van der Waals surface area contributed by atoms with Crippen LogP contribution in [-0.2, 0) is 5.54 Å². The molecule has 0 spiro atoms. The van der Waals surface area contributed by atoms with Gasteiger partial charge in [-0.15, -0.1) is 0 Å². The molecule has 0 amide bonds. The van der Waals surface area contributed by atoms with Crippen LogP contribution in [-0.4, -0.2) is 13.7 Å². The van der Waals surface area contributed by atoms with Gasteiger partial charge in [-0.25, -0.2) is 4.39 Å². The largest absolute Gasteiger partial charge is 0.496 e. The number of halogens is 1. The normalized spacial score (nSPS) is 24.8. The first kappa shape index (κ1) is 11.4. The van der Waals surface area contributed by atoms with Crippen molar-refractivity contribution in [3.63, 3.8) is 0 Å². The summed E-state index contributed by atoms with van der Waals surface area (Å²) in [7, 11) is 1.62. The molecular formula is C13H18FNO. The first-order valence-electron chi connectivity index (χ1n) is 5.67. The standard InChI is InChI=1S/C13H18FNO/c1-9-11(16-3)6-5-10(14)12(9)13(2)7-4-8-15-13/h5-6,15H,4,7-8H2,1-3H3. The summed E-state index contributed by atoms with van der Waals surface area (Å²) >= 11 is 0. The molecule has 0 bridgehead atoms. The molecule has 0 radical (unpaired) electrons. The van der Waals surface area contributed by atoms with Crippen molar-refractivity contribution >= 4 is 0 Å². The Kier molecular flexibility index (Phi) is 2.89. The quantitative estimate of drug-likeness (QED) is 0.832. The minimum absolute atomic E-state index is 0.143. The average molecular weight is 223 g/mol. The summed E-state index contributed by atoms with van der Waals surface area (Å²) < 4.78 is 19.2. The predicted octanol–water partition coefficient (Wildman–Crippen LogP) is 2.74. The zero-order chi connectivity index (χ0) is 11.8. The Labute approximate surface area is 95.8 Å². The maximum atomic E-state index is 14.0. The number of nitrogens with one attached hydrogen (secondary N) is 1. The van der Waals surface area contributed by atoms with E-state index in [0.29, 0.717) is 0 Å². The van der Waals surface area contributed by atoms with E-state index in [-0.39, 0.29) is 11.4 Å². The van der Waals surface area contributed by atoms with E-state index < -0.39 is 0 Å². The van der Waals surface area contributed by atoms with E-state index in [4.69, 9.17) is 4.74 Å². The molecule has 1 unspecified atom stereocenters. The zero-order valence-electron chi connectivity index (χ0n) is 10.1. The molecule has 1 aliphatic heterocycles. The Hall–Kier alpha value is -1.09. The van der Waals surface area contributed by atoms with Gasteiger partial charge in [0.15, 0.2) is 0 Å². The summed E-state index contributed by atoms with van der Waals surface area (Å²) in [6.07, 6.45) is 2.06. The molecule has 2 rings (SSSR count). The van der Waals surface area contributed by atoms with Crippen molar-refractivity contribution in [3.05, 3.63) is 29.1 Å². The van der Waals surface area contributed by atoms with Crippen LogP contribution in [0.1, 0.15) is 30.9 Å². The molecule has 3 heteroatoms. The number of methoxy groups -OCH3 is 1. The number of benzene rings is 1. The topological polar surface area (TPSA) is 21.3 Å². The average Bonchev–Trinajstić information content (AvgIpc) is 2.66. The third-order valence-corrected chi connectivity index (χ3v) is 3.50. The van der Waals surface area contributed by atoms with Gasteiger partial charge in [-0.05, 0) is 50.9 Å². The molecule has 1 heterocycles. The van der Waals surface area contributed by atoms with Crippen LogP contribution in [0, 0.1) is 12.7 Å². The van der Waals surface area contributed by atoms with Crippen LogP contribution in [0.25, 0.3) is 0 Å². The van der Waals surface area contributed by atoms with Gasteiger partial charge >= 0.3 is 0 Å². The fourth-order valence-electron chi connectivity index (χ4n) is 2.67. The van der Waals surface area contributed by atoms with Gasteiger partial charge in [0.2, 0.25) is 0 Å². The first-order valence-corrected chi connectivity index (χ1v) is 5.67. The van der Waals surface area contributed by atoms with Crippen molar-refractivity contribution in [3.8, 4) is 5.75 Å². The minimum Gasteiger partial charge on any atom is -0.496 e. The molecule has 1 aromatic rings. The lowest BCUT2D eigenvalue weighted by atomic mass is 9.86. The predicted molar refractivity (Wildman–Crippen MR) is 62.3 cm³/mol. The smallest absolute Gasteiger partial charge is 0.128 e. The second-order valence-electron chi connectivity index (χ2n) is 4.61. The Morgan fingerprint density at radius 2 is 2.19 bits per heavy atom. The molecule has 0 aromatic heterocycles. The molecule has 2 nitrogen and oxygen atoms in total. The molecule has 1 saturated heterocycles. The Morgan fingerprint density at radius 1 is 1.44 bits per heavy atom. The van der Waals surface area contributed by atoms with Gasteiger partial charge in [0, 0.05) is 11.1 Å². The zero-order valence-corrected chi connectivity index (χ0v) is 10.1. The van der Waals surface area contributed by atoms with Crippen LogP contribution in [0.5, 0.6) is 5.75 Å². The number of hydrogen-bond acceptors (Lipinski definition) is 2. The van der Waals surface area contributed by atoms with Gasteiger partial charge in [0.05, 0.1) is 7.11 Å². The van der Waals surface area contributed by atoms with E-state index in [1.165, 1.54) is 6.07 Å². The van der Waals surface area contributed by atoms with Gasteiger partial charge in [-0.2, -0.15) is 0 Å². The molecule has 88 valence electrons. The van der Waals surface area contributed by atoms with Gasteiger partial charge in [-0.3, -0.25) is 0 Å². The van der Waals surface area contributed by atoms with E-state index in [1.807, 2.05) is 6.92 Å². The molecule has 1 atom stereocenters. The van der Waals surface area contributed by atoms with E-state index in [9.17, 15) is 4.39 Å². The van der Waals surface area contributed by atoms with Crippen LogP contribution in [0.3, 0.4) is 0 Å². The molecule has 0 aliphatic carbocycles. The third-order valence-electron chi connectivity index (χ3n) is 3.50. The van der Waals surface area contributed by atoms with Crippen LogP contribution in [0.4, 0.5) is 4.39 Å². The van der Waals surface area contributed by atoms with Gasteiger partial charge in [0.1, 0.15) is 11.6 Å². The monoisotopic (exact) mass is 223 g/mol. The fraction of sp³-hybridized carbons (Fsp3) is 0.538. The third kappa shape index (κ3) is 1.69. The molecule has 16 heavy (non-hydrogen) atoms. The lowest BCUT2D eigenvalue weighted by Gasteiger charge is -2.28. The van der Waals surface area contributed by atoms with Crippen molar-refractivity contribution in [1.29, 1.82) is 0 Å². The maximum absolute atomic E-state index is 14.0. The van der Waals surface area contributed by atoms with Crippen LogP contribution in [0.15, 0.2) is 12.1 Å². The van der Waals surface area contributed by atoms with Crippen molar-refractivity contribution in [2.24, 2.45) is 0 Å².